The molecule has 6 aromatic carbocycles. The van der Waals surface area contributed by atoms with E-state index in [1.807, 2.05) is 100 Å². The molecule has 0 bridgehead atoms. The topological polar surface area (TPSA) is 142 Å². The number of ether oxygens (including phenoxy) is 8. The van der Waals surface area contributed by atoms with Crippen LogP contribution in [0.4, 0.5) is 0 Å². The average molecular weight is 1150 g/mol. The molecule has 0 saturated heterocycles. The summed E-state index contributed by atoms with van der Waals surface area (Å²) in [6.07, 6.45) is -1.39. The largest absolute Gasteiger partial charge is 0.490 e. The highest BCUT2D eigenvalue weighted by molar-refractivity contribution is 14.1. The molecule has 0 aliphatic rings. The molecule has 0 aromatic heterocycles. The van der Waals surface area contributed by atoms with Crippen molar-refractivity contribution in [1.29, 1.82) is 0 Å². The van der Waals surface area contributed by atoms with Crippen LogP contribution in [0.5, 0.6) is 23.0 Å². The van der Waals surface area contributed by atoms with Crippen molar-refractivity contribution in [3.63, 3.8) is 0 Å². The first-order chi connectivity index (χ1) is 31.9. The molecule has 12 nitrogen and oxygen atoms in total. The van der Waals surface area contributed by atoms with Crippen molar-refractivity contribution in [3.8, 4) is 23.0 Å². The lowest BCUT2D eigenvalue weighted by Crippen LogP contribution is -2.26. The van der Waals surface area contributed by atoms with Gasteiger partial charge in [0.1, 0.15) is 58.5 Å². The zero-order valence-electron chi connectivity index (χ0n) is 37.9. The Bertz CT molecular complexity index is 2510. The molecule has 0 N–H and O–H groups in total. The van der Waals surface area contributed by atoms with Crippen molar-refractivity contribution in [2.75, 3.05) is 26.4 Å². The van der Waals surface area contributed by atoms with Gasteiger partial charge in [-0.3, -0.25) is 0 Å². The van der Waals surface area contributed by atoms with E-state index < -0.39 is 45.6 Å². The van der Waals surface area contributed by atoms with Gasteiger partial charge in [-0.25, -0.2) is 18.0 Å². The lowest BCUT2D eigenvalue weighted by Gasteiger charge is -2.26. The highest BCUT2D eigenvalue weighted by Gasteiger charge is 2.29. The molecule has 352 valence electrons. The summed E-state index contributed by atoms with van der Waals surface area (Å²) in [5.41, 5.74) is 0.627. The lowest BCUT2D eigenvalue weighted by molar-refractivity contribution is -0.0742. The van der Waals surface area contributed by atoms with Crippen LogP contribution in [0.25, 0.3) is 0 Å². The molecule has 15 heteroatoms. The Morgan fingerprint density at radius 1 is 0.507 bits per heavy atom. The summed E-state index contributed by atoms with van der Waals surface area (Å²) in [4.78, 5) is 26.7. The van der Waals surface area contributed by atoms with E-state index >= 15 is 0 Å². The summed E-state index contributed by atoms with van der Waals surface area (Å²) >= 11 is 4.27. The molecule has 0 saturated carbocycles. The number of halogens is 2. The maximum atomic E-state index is 13.5. The summed E-state index contributed by atoms with van der Waals surface area (Å²) in [6, 6.07) is 41.7. The summed E-state index contributed by atoms with van der Waals surface area (Å²) < 4.78 is 75.7. The second-order valence-corrected chi connectivity index (χ2v) is 20.5. The number of carbonyl (C=O) groups is 2. The summed E-state index contributed by atoms with van der Waals surface area (Å²) in [7, 11) is -3.86. The fourth-order valence-electron chi connectivity index (χ4n) is 6.66. The third kappa shape index (κ3) is 14.4. The Morgan fingerprint density at radius 3 is 1.22 bits per heavy atom. The van der Waals surface area contributed by atoms with Gasteiger partial charge in [-0.1, -0.05) is 60.7 Å². The van der Waals surface area contributed by atoms with Gasteiger partial charge in [0.2, 0.25) is 9.84 Å². The predicted molar refractivity (Wildman–Crippen MR) is 269 cm³/mol. The van der Waals surface area contributed by atoms with Gasteiger partial charge in [-0.05, 0) is 183 Å². The minimum Gasteiger partial charge on any atom is -0.490 e. The number of benzene rings is 6. The second kappa shape index (κ2) is 23.2. The van der Waals surface area contributed by atoms with Crippen LogP contribution < -0.4 is 18.9 Å². The number of hydrogen-bond donors (Lipinski definition) is 0. The highest BCUT2D eigenvalue weighted by Crippen LogP contribution is 2.32. The molecule has 0 radical (unpaired) electrons. The molecular weight excluding hydrogens is 1100 g/mol. The zero-order valence-corrected chi connectivity index (χ0v) is 43.0. The molecule has 0 fully saturated rings. The van der Waals surface area contributed by atoms with E-state index in [1.165, 1.54) is 24.3 Å². The second-order valence-electron chi connectivity index (χ2n) is 16.1. The fourth-order valence-corrected chi connectivity index (χ4v) is 8.90. The van der Waals surface area contributed by atoms with Crippen LogP contribution in [0.3, 0.4) is 0 Å². The van der Waals surface area contributed by atoms with E-state index in [0.717, 1.165) is 18.3 Å². The fraction of sp³-hybridized carbons (Fsp3) is 0.269. The number of rotatable bonds is 22. The molecule has 2 unspecified atom stereocenters. The summed E-state index contributed by atoms with van der Waals surface area (Å²) in [5, 5.41) is 0. The van der Waals surface area contributed by atoms with Crippen LogP contribution in [-0.2, 0) is 40.0 Å². The molecule has 0 heterocycles. The first kappa shape index (κ1) is 51.2. The van der Waals surface area contributed by atoms with Gasteiger partial charge >= 0.3 is 11.9 Å². The Kier molecular flexibility index (Phi) is 17.7. The van der Waals surface area contributed by atoms with Gasteiger partial charge in [0, 0.05) is 7.14 Å². The molecule has 0 spiro atoms. The number of carbonyl (C=O) groups excluding carboxylic acids is 2. The van der Waals surface area contributed by atoms with Crippen LogP contribution in [0, 0.1) is 7.14 Å². The lowest BCUT2D eigenvalue weighted by atomic mass is 9.98. The summed E-state index contributed by atoms with van der Waals surface area (Å²) in [5.74, 6) is 0.532. The van der Waals surface area contributed by atoms with Crippen LogP contribution in [0.2, 0.25) is 0 Å². The van der Waals surface area contributed by atoms with Crippen molar-refractivity contribution >= 4 is 67.0 Å². The van der Waals surface area contributed by atoms with E-state index in [-0.39, 0.29) is 36.2 Å². The van der Waals surface area contributed by atoms with E-state index in [0.29, 0.717) is 34.1 Å². The van der Waals surface area contributed by atoms with Crippen LogP contribution in [0.15, 0.2) is 155 Å². The van der Waals surface area contributed by atoms with Gasteiger partial charge in [0.15, 0.2) is 12.6 Å². The standard InChI is InChI=1S/C52H52I2O12S/c1-35(59-29-31-61-47-27-17-39(53)33-45(47)49(55)65-51(3,4)37-13-9-7-10-14-37)63-41-19-23-43(24-20-41)67(57,58)44-25-21-42(22-26-44)64-36(2)60-30-32-62-48-28-18-40(54)34-46(48)50(56)66-52(5,6)38-15-11-8-12-16-38/h7-28,33-36H,29-32H2,1-6H3. The predicted octanol–water partition coefficient (Wildman–Crippen LogP) is 11.6. The third-order valence-corrected chi connectivity index (χ3v) is 13.3. The van der Waals surface area contributed by atoms with Crippen molar-refractivity contribution < 1.29 is 55.9 Å². The van der Waals surface area contributed by atoms with E-state index in [4.69, 9.17) is 37.9 Å². The van der Waals surface area contributed by atoms with E-state index in [9.17, 15) is 18.0 Å². The number of sulfone groups is 1. The zero-order chi connectivity index (χ0) is 48.2. The molecule has 6 aromatic rings. The van der Waals surface area contributed by atoms with Crippen molar-refractivity contribution in [2.45, 2.75) is 75.1 Å². The molecule has 2 atom stereocenters. The Morgan fingerprint density at radius 2 is 0.866 bits per heavy atom. The first-order valence-electron chi connectivity index (χ1n) is 21.4. The van der Waals surface area contributed by atoms with Gasteiger partial charge in [-0.15, -0.1) is 0 Å². The number of esters is 2. The number of hydrogen-bond acceptors (Lipinski definition) is 12. The minimum absolute atomic E-state index is 0.0793. The SMILES string of the molecule is CC(OCCOc1ccc(I)cc1C(=O)OC(C)(C)c1ccccc1)Oc1ccc(S(=O)(=O)c2ccc(OC(C)OCCOc3ccc(I)cc3C(=O)OC(C)(C)c3ccccc3)cc2)cc1. The smallest absolute Gasteiger partial charge is 0.342 e. The van der Waals surface area contributed by atoms with E-state index in [1.54, 1.807) is 62.4 Å². The van der Waals surface area contributed by atoms with Crippen molar-refractivity contribution in [2.24, 2.45) is 0 Å². The van der Waals surface area contributed by atoms with Gasteiger partial charge in [0.25, 0.3) is 0 Å². The molecule has 0 aliphatic heterocycles. The highest BCUT2D eigenvalue weighted by atomic mass is 127. The van der Waals surface area contributed by atoms with Crippen molar-refractivity contribution in [1.82, 2.24) is 0 Å². The van der Waals surface area contributed by atoms with Gasteiger partial charge in [-0.2, -0.15) is 0 Å². The molecule has 0 amide bonds. The molecular formula is C52H52I2O12S. The quantitative estimate of drug-likeness (QED) is 0.0276. The van der Waals surface area contributed by atoms with Crippen LogP contribution in [-0.4, -0.2) is 59.4 Å². The Balaban J connectivity index is 0.931. The van der Waals surface area contributed by atoms with Gasteiger partial charge < -0.3 is 37.9 Å². The monoisotopic (exact) mass is 1150 g/mol. The van der Waals surface area contributed by atoms with E-state index in [2.05, 4.69) is 45.2 Å². The third-order valence-electron chi connectivity index (χ3n) is 10.2. The minimum atomic E-state index is -3.86. The molecule has 0 aliphatic carbocycles. The van der Waals surface area contributed by atoms with Crippen LogP contribution >= 0.6 is 45.2 Å². The normalized spacial score (nSPS) is 12.7. The Hall–Kier alpha value is -5.21. The maximum absolute atomic E-state index is 13.5. The van der Waals surface area contributed by atoms with Crippen molar-refractivity contribution in [3.05, 3.63) is 175 Å². The molecule has 67 heavy (non-hydrogen) atoms. The maximum Gasteiger partial charge on any atom is 0.342 e. The first-order valence-corrected chi connectivity index (χ1v) is 25.0. The van der Waals surface area contributed by atoms with Gasteiger partial charge in [0.05, 0.1) is 23.0 Å². The molecule has 6 rings (SSSR count). The summed E-state index contributed by atoms with van der Waals surface area (Å²) in [6.45, 7) is 11.3. The van der Waals surface area contributed by atoms with Crippen LogP contribution in [0.1, 0.15) is 73.4 Å². The Labute approximate surface area is 419 Å². The average Bonchev–Trinajstić information content (AvgIpc) is 3.30.